The minimum atomic E-state index is -4.48. The van der Waals surface area contributed by atoms with Crippen molar-refractivity contribution in [1.29, 1.82) is 0 Å². The van der Waals surface area contributed by atoms with Gasteiger partial charge in [0.05, 0.1) is 19.8 Å². The molecule has 0 aliphatic rings. The molecule has 2 N–H and O–H groups in total. The van der Waals surface area contributed by atoms with Crippen molar-refractivity contribution in [3.63, 3.8) is 0 Å². The monoisotopic (exact) mass is 891 g/mol. The predicted octanol–water partition coefficient (Wildman–Crippen LogP) is 6.33. The Morgan fingerprint density at radius 1 is 0.315 bits per heavy atom. The van der Waals surface area contributed by atoms with Gasteiger partial charge in [-0.2, -0.15) is 0 Å². The predicted molar refractivity (Wildman–Crippen MR) is 206 cm³/mol. The Kier molecular flexibility index (Phi) is 62.2. The first-order valence-electron chi connectivity index (χ1n) is 20.0. The smallest absolute Gasteiger partial charge is 0.726 e. The molecule has 325 valence electrons. The summed E-state index contributed by atoms with van der Waals surface area (Å²) in [6.45, 7) is 6.73. The number of unbranched alkanes of at least 4 members (excludes halogenated alkanes) is 27. The van der Waals surface area contributed by atoms with Crippen LogP contribution in [0.25, 0.3) is 0 Å². The van der Waals surface area contributed by atoms with Gasteiger partial charge in [-0.15, -0.1) is 0 Å². The van der Waals surface area contributed by atoms with Crippen molar-refractivity contribution < 1.29 is 104 Å². The van der Waals surface area contributed by atoms with Crippen LogP contribution in [-0.2, 0) is 60.8 Å². The number of rotatable bonds is 36. The second kappa shape index (κ2) is 50.2. The van der Waals surface area contributed by atoms with Crippen molar-refractivity contribution in [2.24, 2.45) is 0 Å². The number of hydrogen-bond donors (Lipinski definition) is 0. The molecule has 0 saturated heterocycles. The van der Waals surface area contributed by atoms with E-state index in [-0.39, 0.29) is 71.9 Å². The maximum absolute atomic E-state index is 10.1. The standard InChI is InChI=1S/3C12H26O4S.Mn.Na.H2O/c3*1-2-3-4-5-6-7-8-9-10-11-12-16-17(13,14)15;;;/h3*2-12H2,1H3,(H,13,14,15);;;1H2/q;;;+2;+1;/p-3. The van der Waals surface area contributed by atoms with Crippen molar-refractivity contribution in [3.8, 4) is 0 Å². The molecule has 54 heavy (non-hydrogen) atoms. The Morgan fingerprint density at radius 3 is 0.574 bits per heavy atom. The summed E-state index contributed by atoms with van der Waals surface area (Å²) in [6, 6.07) is 0. The van der Waals surface area contributed by atoms with E-state index < -0.39 is 31.2 Å². The van der Waals surface area contributed by atoms with E-state index in [9.17, 15) is 38.9 Å². The zero-order valence-electron chi connectivity index (χ0n) is 34.3. The van der Waals surface area contributed by atoms with E-state index in [2.05, 4.69) is 33.3 Å². The van der Waals surface area contributed by atoms with Crippen LogP contribution in [0.15, 0.2) is 0 Å². The van der Waals surface area contributed by atoms with E-state index in [1.165, 1.54) is 135 Å². The van der Waals surface area contributed by atoms with Crippen molar-refractivity contribution in [2.45, 2.75) is 213 Å². The zero-order chi connectivity index (χ0) is 39.0. The van der Waals surface area contributed by atoms with E-state index >= 15 is 0 Å². The van der Waals surface area contributed by atoms with Crippen molar-refractivity contribution >= 4 is 31.2 Å². The molecule has 0 rings (SSSR count). The summed E-state index contributed by atoms with van der Waals surface area (Å²) in [5.41, 5.74) is 0. The van der Waals surface area contributed by atoms with Gasteiger partial charge in [-0.05, 0) is 19.3 Å². The minimum absolute atomic E-state index is 0. The van der Waals surface area contributed by atoms with Crippen LogP contribution in [0, 0.1) is 0 Å². The third-order valence-electron chi connectivity index (χ3n) is 8.18. The molecule has 0 aromatic carbocycles. The van der Waals surface area contributed by atoms with Crippen molar-refractivity contribution in [2.75, 3.05) is 19.8 Å². The first-order valence-corrected chi connectivity index (χ1v) is 24.0. The maximum atomic E-state index is 10.1. The van der Waals surface area contributed by atoms with Gasteiger partial charge in [-0.25, -0.2) is 25.3 Å². The van der Waals surface area contributed by atoms with Gasteiger partial charge >= 0.3 is 46.6 Å². The quantitative estimate of drug-likeness (QED) is 0.0291. The minimum Gasteiger partial charge on any atom is -0.726 e. The summed E-state index contributed by atoms with van der Waals surface area (Å²) >= 11 is 0. The molecule has 0 aliphatic heterocycles. The molecule has 0 unspecified atom stereocenters. The fraction of sp³-hybridized carbons (Fsp3) is 1.00. The van der Waals surface area contributed by atoms with Crippen LogP contribution < -0.4 is 29.6 Å². The Labute approximate surface area is 365 Å². The van der Waals surface area contributed by atoms with Gasteiger partial charge in [0.2, 0.25) is 31.2 Å². The summed E-state index contributed by atoms with van der Waals surface area (Å²) in [5, 5.41) is 0. The number of hydrogen-bond acceptors (Lipinski definition) is 12. The van der Waals surface area contributed by atoms with Gasteiger partial charge in [-0.1, -0.05) is 194 Å². The van der Waals surface area contributed by atoms with E-state index in [0.29, 0.717) is 19.3 Å². The molecule has 18 heteroatoms. The molecule has 0 aromatic rings. The molecule has 1 radical (unpaired) electrons. The molecule has 0 aliphatic carbocycles. The Bertz CT molecular complexity index is 892. The average Bonchev–Trinajstić information content (AvgIpc) is 3.04. The van der Waals surface area contributed by atoms with E-state index in [0.717, 1.165) is 38.5 Å². The average molecular weight is 892 g/mol. The maximum Gasteiger partial charge on any atom is 2.00 e. The van der Waals surface area contributed by atoms with Gasteiger partial charge in [0, 0.05) is 0 Å². The normalized spacial score (nSPS) is 11.2. The first kappa shape index (κ1) is 66.9. The topological polar surface area (TPSA) is 231 Å². The summed E-state index contributed by atoms with van der Waals surface area (Å²) in [6.07, 6.45) is 35.1. The molecule has 0 amide bonds. The first-order chi connectivity index (χ1) is 24.2. The fourth-order valence-corrected chi connectivity index (χ4v) is 6.22. The second-order valence-corrected chi connectivity index (χ2v) is 16.4. The van der Waals surface area contributed by atoms with Crippen LogP contribution in [-0.4, -0.2) is 64.2 Å². The van der Waals surface area contributed by atoms with Crippen LogP contribution in [0.5, 0.6) is 0 Å². The molecular formula is C36H77MnNaO13S3. The third kappa shape index (κ3) is 77.6. The molecule has 0 aromatic heterocycles. The van der Waals surface area contributed by atoms with Gasteiger partial charge in [0.1, 0.15) is 0 Å². The SMILES string of the molecule is CCCCCCCCCCCCOS(=O)(=O)[O-].CCCCCCCCCCCCOS(=O)(=O)[O-].CCCCCCCCCCCCOS(=O)(=O)[O-].O.[Mn+2].[Na+]. The second-order valence-electron chi connectivity index (χ2n) is 13.2. The Morgan fingerprint density at radius 2 is 0.444 bits per heavy atom. The van der Waals surface area contributed by atoms with E-state index in [4.69, 9.17) is 0 Å². The van der Waals surface area contributed by atoms with Crippen molar-refractivity contribution in [1.82, 2.24) is 0 Å². The fourth-order valence-electron chi connectivity index (χ4n) is 5.25. The summed E-state index contributed by atoms with van der Waals surface area (Å²) < 4.78 is 103. The van der Waals surface area contributed by atoms with Crippen LogP contribution in [0.2, 0.25) is 0 Å². The Hall–Kier alpha value is 1.09. The molecule has 13 nitrogen and oxygen atoms in total. The van der Waals surface area contributed by atoms with E-state index in [1.54, 1.807) is 0 Å². The molecule has 0 fully saturated rings. The summed E-state index contributed by atoms with van der Waals surface area (Å²) in [4.78, 5) is 0. The molecule has 0 saturated carbocycles. The van der Waals surface area contributed by atoms with Crippen LogP contribution >= 0.6 is 0 Å². The molecule has 0 bridgehead atoms. The zero-order valence-corrected chi connectivity index (χ0v) is 40.0. The van der Waals surface area contributed by atoms with E-state index in [1.807, 2.05) is 0 Å². The third-order valence-corrected chi connectivity index (χ3v) is 9.54. The van der Waals surface area contributed by atoms with Gasteiger partial charge in [0.25, 0.3) is 0 Å². The van der Waals surface area contributed by atoms with Gasteiger partial charge < -0.3 is 19.1 Å². The van der Waals surface area contributed by atoms with Gasteiger partial charge in [-0.3, -0.25) is 12.5 Å². The van der Waals surface area contributed by atoms with Crippen LogP contribution in [0.3, 0.4) is 0 Å². The molecule has 0 atom stereocenters. The molecule has 0 heterocycles. The molecule has 0 spiro atoms. The van der Waals surface area contributed by atoms with Gasteiger partial charge in [0.15, 0.2) is 0 Å². The largest absolute Gasteiger partial charge is 2.00 e. The van der Waals surface area contributed by atoms with Crippen molar-refractivity contribution in [3.05, 3.63) is 0 Å². The molecular weight excluding hydrogens is 815 g/mol. The Balaban J connectivity index is -0.000000156. The van der Waals surface area contributed by atoms with Crippen LogP contribution in [0.1, 0.15) is 213 Å². The summed E-state index contributed by atoms with van der Waals surface area (Å²) in [5.74, 6) is 0. The summed E-state index contributed by atoms with van der Waals surface area (Å²) in [7, 11) is -13.5. The van der Waals surface area contributed by atoms with Crippen LogP contribution in [0.4, 0.5) is 0 Å².